The summed E-state index contributed by atoms with van der Waals surface area (Å²) in [7, 11) is 0. The fraction of sp³-hybridized carbons (Fsp3) is 0.321. The second kappa shape index (κ2) is 10.1. The zero-order valence-corrected chi connectivity index (χ0v) is 21.1. The first-order valence-corrected chi connectivity index (χ1v) is 13.1. The van der Waals surface area contributed by atoms with Crippen molar-refractivity contribution >= 4 is 33.9 Å². The van der Waals surface area contributed by atoms with Gasteiger partial charge in [0.05, 0.1) is 18.2 Å². The molecule has 2 aromatic carbocycles. The van der Waals surface area contributed by atoms with Crippen molar-refractivity contribution in [2.45, 2.75) is 51.7 Å². The van der Waals surface area contributed by atoms with E-state index in [1.165, 1.54) is 16.2 Å². The van der Waals surface area contributed by atoms with Crippen molar-refractivity contribution in [3.05, 3.63) is 76.3 Å². The maximum atomic E-state index is 13.3. The van der Waals surface area contributed by atoms with Gasteiger partial charge in [0.15, 0.2) is 5.13 Å². The van der Waals surface area contributed by atoms with E-state index in [1.54, 1.807) is 23.7 Å². The third-order valence-corrected chi connectivity index (χ3v) is 7.20. The molecule has 5 rings (SSSR count). The lowest BCUT2D eigenvalue weighted by molar-refractivity contribution is -0.132. The number of aromatic nitrogens is 1. The van der Waals surface area contributed by atoms with Crippen molar-refractivity contribution in [1.82, 2.24) is 4.98 Å². The zero-order valence-electron chi connectivity index (χ0n) is 20.3. The van der Waals surface area contributed by atoms with E-state index in [0.29, 0.717) is 35.0 Å². The minimum atomic E-state index is -0.834. The maximum Gasteiger partial charge on any atom is 0.301 e. The van der Waals surface area contributed by atoms with Crippen LogP contribution in [-0.2, 0) is 16.0 Å². The number of nitrogens with zero attached hydrogens (tertiary/aromatic N) is 2. The zero-order chi connectivity index (χ0) is 25.2. The Morgan fingerprint density at radius 1 is 1.22 bits per heavy atom. The van der Waals surface area contributed by atoms with Crippen LogP contribution in [0.15, 0.2) is 59.6 Å². The summed E-state index contributed by atoms with van der Waals surface area (Å²) < 4.78 is 11.7. The van der Waals surface area contributed by atoms with E-state index < -0.39 is 17.7 Å². The highest BCUT2D eigenvalue weighted by atomic mass is 32.1. The Bertz CT molecular complexity index is 1320. The summed E-state index contributed by atoms with van der Waals surface area (Å²) in [6.45, 7) is 4.70. The molecule has 1 fully saturated rings. The molecule has 0 aliphatic carbocycles. The van der Waals surface area contributed by atoms with Gasteiger partial charge in [0.2, 0.25) is 0 Å². The SMILES string of the molecule is CCCCCOc1cccc([C@@H]2/C(=C(\O)c3ccc4c(c3)C[C@@H](C)O4)C(=O)C(=O)N2c2nccs2)c1. The van der Waals surface area contributed by atoms with E-state index >= 15 is 0 Å². The van der Waals surface area contributed by atoms with E-state index in [2.05, 4.69) is 11.9 Å². The molecule has 2 atom stereocenters. The molecule has 2 aliphatic heterocycles. The Labute approximate surface area is 214 Å². The van der Waals surface area contributed by atoms with Crippen LogP contribution in [0.4, 0.5) is 5.13 Å². The quantitative estimate of drug-likeness (QED) is 0.184. The van der Waals surface area contributed by atoms with Gasteiger partial charge in [-0.3, -0.25) is 14.5 Å². The first kappa shape index (κ1) is 24.1. The molecule has 0 bridgehead atoms. The molecule has 8 heteroatoms. The Morgan fingerprint density at radius 2 is 2.08 bits per heavy atom. The smallest absolute Gasteiger partial charge is 0.301 e. The molecule has 1 amide bonds. The molecule has 0 saturated carbocycles. The highest BCUT2D eigenvalue weighted by Gasteiger charge is 2.48. The molecule has 1 N–H and O–H groups in total. The molecule has 36 heavy (non-hydrogen) atoms. The molecule has 2 aliphatic rings. The Kier molecular flexibility index (Phi) is 6.78. The van der Waals surface area contributed by atoms with Crippen molar-refractivity contribution in [2.75, 3.05) is 11.5 Å². The summed E-state index contributed by atoms with van der Waals surface area (Å²) in [6, 6.07) is 11.9. The van der Waals surface area contributed by atoms with Gasteiger partial charge in [0, 0.05) is 23.6 Å². The van der Waals surface area contributed by atoms with Crippen LogP contribution in [0.3, 0.4) is 0 Å². The molecule has 3 aromatic rings. The Morgan fingerprint density at radius 3 is 2.86 bits per heavy atom. The molecular weight excluding hydrogens is 476 g/mol. The number of benzene rings is 2. The lowest BCUT2D eigenvalue weighted by Gasteiger charge is -2.23. The molecule has 0 unspecified atom stereocenters. The van der Waals surface area contributed by atoms with Gasteiger partial charge >= 0.3 is 5.91 Å². The van der Waals surface area contributed by atoms with E-state index in [-0.39, 0.29) is 17.4 Å². The fourth-order valence-corrected chi connectivity index (χ4v) is 5.39. The van der Waals surface area contributed by atoms with Gasteiger partial charge < -0.3 is 14.6 Å². The topological polar surface area (TPSA) is 89.0 Å². The lowest BCUT2D eigenvalue weighted by atomic mass is 9.94. The number of ether oxygens (including phenoxy) is 2. The van der Waals surface area contributed by atoms with Crippen LogP contribution in [-0.4, -0.2) is 34.5 Å². The van der Waals surface area contributed by atoms with Crippen molar-refractivity contribution in [3.63, 3.8) is 0 Å². The second-order valence-corrected chi connectivity index (χ2v) is 9.94. The predicted molar refractivity (Wildman–Crippen MR) is 139 cm³/mol. The molecule has 186 valence electrons. The summed E-state index contributed by atoms with van der Waals surface area (Å²) in [5.74, 6) is -0.256. The number of amides is 1. The summed E-state index contributed by atoms with van der Waals surface area (Å²) in [4.78, 5) is 32.2. The maximum absolute atomic E-state index is 13.3. The highest BCUT2D eigenvalue weighted by Crippen LogP contribution is 2.44. The number of aliphatic hydroxyl groups is 1. The lowest BCUT2D eigenvalue weighted by Crippen LogP contribution is -2.29. The van der Waals surface area contributed by atoms with Crippen LogP contribution in [0, 0.1) is 0 Å². The number of carbonyl (C=O) groups excluding carboxylic acids is 2. The molecule has 0 spiro atoms. The first-order valence-electron chi connectivity index (χ1n) is 12.2. The van der Waals surface area contributed by atoms with Gasteiger partial charge in [-0.15, -0.1) is 11.3 Å². The van der Waals surface area contributed by atoms with Crippen LogP contribution in [0.2, 0.25) is 0 Å². The van der Waals surface area contributed by atoms with E-state index in [9.17, 15) is 14.7 Å². The number of rotatable bonds is 8. The van der Waals surface area contributed by atoms with Crippen molar-refractivity contribution in [2.24, 2.45) is 0 Å². The van der Waals surface area contributed by atoms with Gasteiger partial charge in [0.1, 0.15) is 23.4 Å². The Hall–Kier alpha value is -3.65. The highest BCUT2D eigenvalue weighted by molar-refractivity contribution is 7.14. The van der Waals surface area contributed by atoms with Crippen molar-refractivity contribution < 1.29 is 24.2 Å². The number of unbranched alkanes of at least 4 members (excludes halogenated alkanes) is 2. The van der Waals surface area contributed by atoms with Gasteiger partial charge in [-0.2, -0.15) is 0 Å². The summed E-state index contributed by atoms with van der Waals surface area (Å²) in [5, 5.41) is 13.6. The third kappa shape index (κ3) is 4.48. The molecule has 3 heterocycles. The number of aliphatic hydroxyl groups excluding tert-OH is 1. The number of Topliss-reactive ketones (excluding diaryl/α,β-unsaturated/α-hetero) is 1. The molecule has 7 nitrogen and oxygen atoms in total. The van der Waals surface area contributed by atoms with E-state index in [1.807, 2.05) is 37.3 Å². The van der Waals surface area contributed by atoms with Crippen molar-refractivity contribution in [3.8, 4) is 11.5 Å². The molecule has 1 aromatic heterocycles. The normalized spacial score (nSPS) is 20.4. The first-order chi connectivity index (χ1) is 17.5. The fourth-order valence-electron chi connectivity index (χ4n) is 4.72. The number of anilines is 1. The minimum absolute atomic E-state index is 0.0326. The molecule has 0 radical (unpaired) electrons. The second-order valence-electron chi connectivity index (χ2n) is 9.07. The number of carbonyl (C=O) groups is 2. The standard InChI is InChI=1S/C28H28N2O5S/c1-3-4-5-12-34-21-8-6-7-18(16-21)24-23(26(32)27(33)30(24)28-29-11-13-36-28)25(31)19-9-10-22-20(15-19)14-17(2)35-22/h6-11,13,15-17,24,31H,3-5,12,14H2,1-2H3/b25-23+/t17-,24-/m1/s1. The number of ketones is 1. The number of hydrogen-bond acceptors (Lipinski definition) is 7. The van der Waals surface area contributed by atoms with Crippen molar-refractivity contribution in [1.29, 1.82) is 0 Å². The van der Waals surface area contributed by atoms with E-state index in [4.69, 9.17) is 9.47 Å². The number of thiazole rings is 1. The molecule has 1 saturated heterocycles. The summed E-state index contributed by atoms with van der Waals surface area (Å²) in [6.07, 6.45) is 5.47. The van der Waals surface area contributed by atoms with Gasteiger partial charge in [-0.05, 0) is 54.8 Å². The minimum Gasteiger partial charge on any atom is -0.507 e. The monoisotopic (exact) mass is 504 g/mol. The summed E-state index contributed by atoms with van der Waals surface area (Å²) >= 11 is 1.26. The van der Waals surface area contributed by atoms with Crippen LogP contribution >= 0.6 is 11.3 Å². The van der Waals surface area contributed by atoms with Gasteiger partial charge in [-0.25, -0.2) is 4.98 Å². The number of hydrogen-bond donors (Lipinski definition) is 1. The number of fused-ring (bicyclic) bond motifs is 1. The van der Waals surface area contributed by atoms with Crippen LogP contribution in [0.25, 0.3) is 5.76 Å². The largest absolute Gasteiger partial charge is 0.507 e. The van der Waals surface area contributed by atoms with E-state index in [0.717, 1.165) is 30.6 Å². The average molecular weight is 505 g/mol. The van der Waals surface area contributed by atoms with Crippen LogP contribution in [0.1, 0.15) is 55.8 Å². The van der Waals surface area contributed by atoms with Crippen LogP contribution < -0.4 is 14.4 Å². The Balaban J connectivity index is 1.58. The average Bonchev–Trinajstić information content (AvgIpc) is 3.59. The van der Waals surface area contributed by atoms with Gasteiger partial charge in [-0.1, -0.05) is 31.9 Å². The van der Waals surface area contributed by atoms with Gasteiger partial charge in [0.25, 0.3) is 5.78 Å². The molecular formula is C28H28N2O5S. The third-order valence-electron chi connectivity index (χ3n) is 6.43. The predicted octanol–water partition coefficient (Wildman–Crippen LogP) is 5.66. The van der Waals surface area contributed by atoms with Crippen LogP contribution in [0.5, 0.6) is 11.5 Å². The summed E-state index contributed by atoms with van der Waals surface area (Å²) in [5.41, 5.74) is 2.13.